The number of carbonyl (C=O) groups excluding carboxylic acids is 1. The molecule has 0 radical (unpaired) electrons. The summed E-state index contributed by atoms with van der Waals surface area (Å²) in [6, 6.07) is 0.668. The predicted octanol–water partition coefficient (Wildman–Crippen LogP) is 3.36. The molecule has 0 unspecified atom stereocenters. The van der Waals surface area contributed by atoms with Crippen LogP contribution < -0.4 is 0 Å². The monoisotopic (exact) mass is 259 g/mol. The highest BCUT2D eigenvalue weighted by Gasteiger charge is 2.25. The topological polar surface area (TPSA) is 20.3 Å². The van der Waals surface area contributed by atoms with E-state index >= 15 is 0 Å². The second-order valence-corrected chi connectivity index (χ2v) is 4.65. The first-order chi connectivity index (χ1) is 8.25. The molecule has 1 aromatic carbocycles. The van der Waals surface area contributed by atoms with Crippen LogP contribution in [0.5, 0.6) is 0 Å². The van der Waals surface area contributed by atoms with Gasteiger partial charge in [-0.2, -0.15) is 0 Å². The Bertz CT molecular complexity index is 450. The third-order valence-electron chi connectivity index (χ3n) is 2.59. The van der Waals surface area contributed by atoms with Gasteiger partial charge in [0, 0.05) is 18.2 Å². The van der Waals surface area contributed by atoms with E-state index in [2.05, 4.69) is 0 Å². The lowest BCUT2D eigenvalue weighted by molar-refractivity contribution is 0.0638. The van der Waals surface area contributed by atoms with E-state index in [4.69, 9.17) is 0 Å². The van der Waals surface area contributed by atoms with Crippen LogP contribution in [0.3, 0.4) is 0 Å². The highest BCUT2D eigenvalue weighted by Crippen LogP contribution is 2.18. The van der Waals surface area contributed by atoms with E-state index in [1.165, 1.54) is 4.90 Å². The Morgan fingerprint density at radius 1 is 0.944 bits per heavy atom. The smallest absolute Gasteiger partial charge is 0.257 e. The van der Waals surface area contributed by atoms with Gasteiger partial charge in [-0.3, -0.25) is 4.79 Å². The van der Waals surface area contributed by atoms with Crippen molar-refractivity contribution < 1.29 is 18.0 Å². The maximum Gasteiger partial charge on any atom is 0.257 e. The van der Waals surface area contributed by atoms with Crippen molar-refractivity contribution in [2.24, 2.45) is 0 Å². The molecule has 0 spiro atoms. The van der Waals surface area contributed by atoms with Crippen molar-refractivity contribution in [3.63, 3.8) is 0 Å². The third-order valence-corrected chi connectivity index (χ3v) is 2.59. The largest absolute Gasteiger partial charge is 0.334 e. The molecule has 0 aromatic heterocycles. The predicted molar refractivity (Wildman–Crippen MR) is 62.8 cm³/mol. The lowest BCUT2D eigenvalue weighted by atomic mass is 10.1. The summed E-state index contributed by atoms with van der Waals surface area (Å²) in [5.74, 6) is -4.22. The summed E-state index contributed by atoms with van der Waals surface area (Å²) in [6.45, 7) is 7.09. The molecule has 0 atom stereocenters. The molecule has 2 nitrogen and oxygen atoms in total. The standard InChI is InChI=1S/C13H16F3NO/c1-7(2)17(8(3)4)13(18)9-5-11(15)12(16)6-10(9)14/h5-8H,1-4H3. The number of halogens is 3. The fourth-order valence-electron chi connectivity index (χ4n) is 1.89. The summed E-state index contributed by atoms with van der Waals surface area (Å²) in [4.78, 5) is 13.5. The Kier molecular flexibility index (Phi) is 4.38. The van der Waals surface area contributed by atoms with Crippen molar-refractivity contribution in [1.29, 1.82) is 0 Å². The molecule has 0 fully saturated rings. The Balaban J connectivity index is 3.21. The van der Waals surface area contributed by atoms with Crippen LogP contribution in [0, 0.1) is 17.5 Å². The number of amides is 1. The summed E-state index contributed by atoms with van der Waals surface area (Å²) in [6.07, 6.45) is 0. The Morgan fingerprint density at radius 3 is 1.83 bits per heavy atom. The zero-order valence-corrected chi connectivity index (χ0v) is 10.8. The molecule has 100 valence electrons. The summed E-state index contributed by atoms with van der Waals surface area (Å²) >= 11 is 0. The number of hydrogen-bond acceptors (Lipinski definition) is 1. The summed E-state index contributed by atoms with van der Waals surface area (Å²) in [5, 5.41) is 0. The van der Waals surface area contributed by atoms with Crippen molar-refractivity contribution in [1.82, 2.24) is 4.90 Å². The maximum atomic E-state index is 13.5. The summed E-state index contributed by atoms with van der Waals surface area (Å²) < 4.78 is 39.4. The highest BCUT2D eigenvalue weighted by molar-refractivity contribution is 5.94. The molecule has 0 saturated carbocycles. The third kappa shape index (κ3) is 2.83. The number of benzene rings is 1. The molecule has 0 N–H and O–H groups in total. The average Bonchev–Trinajstić information content (AvgIpc) is 2.22. The van der Waals surface area contributed by atoms with Gasteiger partial charge in [-0.15, -0.1) is 0 Å². The average molecular weight is 259 g/mol. The first kappa shape index (κ1) is 14.5. The summed E-state index contributed by atoms with van der Waals surface area (Å²) in [7, 11) is 0. The van der Waals surface area contributed by atoms with Crippen molar-refractivity contribution in [3.05, 3.63) is 35.1 Å². The van der Waals surface area contributed by atoms with E-state index in [-0.39, 0.29) is 12.1 Å². The van der Waals surface area contributed by atoms with Crippen molar-refractivity contribution in [2.75, 3.05) is 0 Å². The highest BCUT2D eigenvalue weighted by atomic mass is 19.2. The first-order valence-corrected chi connectivity index (χ1v) is 5.73. The Labute approximate surface area is 104 Å². The molecule has 5 heteroatoms. The van der Waals surface area contributed by atoms with Crippen LogP contribution in [0.15, 0.2) is 12.1 Å². The molecule has 1 rings (SSSR count). The van der Waals surface area contributed by atoms with Gasteiger partial charge in [0.2, 0.25) is 0 Å². The fraction of sp³-hybridized carbons (Fsp3) is 0.462. The van der Waals surface area contributed by atoms with Gasteiger partial charge >= 0.3 is 0 Å². The van der Waals surface area contributed by atoms with Crippen LogP contribution in [-0.4, -0.2) is 22.9 Å². The fourth-order valence-corrected chi connectivity index (χ4v) is 1.89. The molecule has 0 heterocycles. The lowest BCUT2D eigenvalue weighted by Crippen LogP contribution is -2.42. The quantitative estimate of drug-likeness (QED) is 0.762. The molecule has 0 aliphatic rings. The molecule has 0 saturated heterocycles. The van der Waals surface area contributed by atoms with Crippen LogP contribution in [0.4, 0.5) is 13.2 Å². The number of carbonyl (C=O) groups is 1. The van der Waals surface area contributed by atoms with Gasteiger partial charge in [-0.1, -0.05) is 0 Å². The molecule has 0 aliphatic heterocycles. The van der Waals surface area contributed by atoms with Gasteiger partial charge < -0.3 is 4.90 Å². The minimum absolute atomic E-state index is 0.162. The normalized spacial score (nSPS) is 11.2. The van der Waals surface area contributed by atoms with E-state index in [0.717, 1.165) is 0 Å². The van der Waals surface area contributed by atoms with Gasteiger partial charge in [0.25, 0.3) is 5.91 Å². The van der Waals surface area contributed by atoms with Crippen molar-refractivity contribution in [3.8, 4) is 0 Å². The molecular weight excluding hydrogens is 243 g/mol. The molecule has 18 heavy (non-hydrogen) atoms. The Morgan fingerprint density at radius 2 is 1.39 bits per heavy atom. The number of hydrogen-bond donors (Lipinski definition) is 0. The minimum Gasteiger partial charge on any atom is -0.334 e. The van der Waals surface area contributed by atoms with Crippen LogP contribution in [0.2, 0.25) is 0 Å². The number of nitrogens with zero attached hydrogens (tertiary/aromatic N) is 1. The zero-order chi connectivity index (χ0) is 14.0. The van der Waals surface area contributed by atoms with Crippen molar-refractivity contribution >= 4 is 5.91 Å². The lowest BCUT2D eigenvalue weighted by Gasteiger charge is -2.31. The summed E-state index contributed by atoms with van der Waals surface area (Å²) in [5.41, 5.74) is -0.448. The van der Waals surface area contributed by atoms with Gasteiger partial charge in [-0.25, -0.2) is 13.2 Å². The van der Waals surface area contributed by atoms with E-state index < -0.39 is 28.9 Å². The second-order valence-electron chi connectivity index (χ2n) is 4.65. The van der Waals surface area contributed by atoms with Crippen LogP contribution >= 0.6 is 0 Å². The van der Waals surface area contributed by atoms with Crippen LogP contribution in [0.25, 0.3) is 0 Å². The molecule has 0 aliphatic carbocycles. The van der Waals surface area contributed by atoms with Gasteiger partial charge in [0.15, 0.2) is 11.6 Å². The van der Waals surface area contributed by atoms with E-state index in [9.17, 15) is 18.0 Å². The van der Waals surface area contributed by atoms with E-state index in [0.29, 0.717) is 12.1 Å². The maximum absolute atomic E-state index is 13.5. The minimum atomic E-state index is -1.30. The molecule has 0 bridgehead atoms. The second kappa shape index (κ2) is 5.42. The molecular formula is C13H16F3NO. The van der Waals surface area contributed by atoms with E-state index in [1.807, 2.05) is 0 Å². The Hall–Kier alpha value is -1.52. The molecule has 1 aromatic rings. The van der Waals surface area contributed by atoms with Crippen LogP contribution in [-0.2, 0) is 0 Å². The van der Waals surface area contributed by atoms with Crippen LogP contribution in [0.1, 0.15) is 38.1 Å². The van der Waals surface area contributed by atoms with E-state index in [1.54, 1.807) is 27.7 Å². The first-order valence-electron chi connectivity index (χ1n) is 5.73. The molecule has 1 amide bonds. The van der Waals surface area contributed by atoms with Crippen molar-refractivity contribution in [2.45, 2.75) is 39.8 Å². The SMILES string of the molecule is CC(C)N(C(=O)c1cc(F)c(F)cc1F)C(C)C. The number of rotatable bonds is 3. The van der Waals surface area contributed by atoms with Gasteiger partial charge in [0.05, 0.1) is 5.56 Å². The van der Waals surface area contributed by atoms with Gasteiger partial charge in [-0.05, 0) is 33.8 Å². The zero-order valence-electron chi connectivity index (χ0n) is 10.8. The van der Waals surface area contributed by atoms with Gasteiger partial charge in [0.1, 0.15) is 5.82 Å².